The van der Waals surface area contributed by atoms with Gasteiger partial charge in [-0.2, -0.15) is 0 Å². The number of carbonyl (C=O) groups is 2. The van der Waals surface area contributed by atoms with Crippen LogP contribution in [0.3, 0.4) is 0 Å². The van der Waals surface area contributed by atoms with Gasteiger partial charge in [0.25, 0.3) is 5.91 Å². The number of ether oxygens (including phenoxy) is 1. The molecule has 2 rings (SSSR count). The van der Waals surface area contributed by atoms with E-state index in [2.05, 4.69) is 5.32 Å². The number of carbonyl (C=O) groups excluding carboxylic acids is 2. The van der Waals surface area contributed by atoms with Crippen molar-refractivity contribution in [3.05, 3.63) is 29.8 Å². The standard InChI is InChI=1S/C19H30N4O3.2ClH/c1-22(2)12-13-26-17-8-4-3-7-16(17)19(25)23-11-5-6-15(14-23)18(24)21-10-9-20;;/h3-4,7-8,15H,5-6,9-14,20H2,1-2H3,(H,21,24);2*1H. The molecule has 9 heteroatoms. The van der Waals surface area contributed by atoms with Crippen molar-refractivity contribution < 1.29 is 14.3 Å². The fourth-order valence-corrected chi connectivity index (χ4v) is 2.99. The number of hydrogen-bond donors (Lipinski definition) is 2. The van der Waals surface area contributed by atoms with Crippen molar-refractivity contribution in [2.75, 3.05) is 53.4 Å². The van der Waals surface area contributed by atoms with Crippen LogP contribution in [0.15, 0.2) is 24.3 Å². The molecular weight excluding hydrogens is 403 g/mol. The number of para-hydroxylation sites is 1. The van der Waals surface area contributed by atoms with Crippen molar-refractivity contribution in [2.24, 2.45) is 11.7 Å². The van der Waals surface area contributed by atoms with E-state index in [1.165, 1.54) is 0 Å². The number of nitrogens with one attached hydrogen (secondary N) is 1. The van der Waals surface area contributed by atoms with Gasteiger partial charge in [-0.1, -0.05) is 12.1 Å². The Balaban J connectivity index is 0.00000364. The quantitative estimate of drug-likeness (QED) is 0.645. The Morgan fingerprint density at radius 2 is 2.00 bits per heavy atom. The summed E-state index contributed by atoms with van der Waals surface area (Å²) in [7, 11) is 3.95. The lowest BCUT2D eigenvalue weighted by atomic mass is 9.96. The molecule has 0 aliphatic carbocycles. The van der Waals surface area contributed by atoms with E-state index in [4.69, 9.17) is 10.5 Å². The van der Waals surface area contributed by atoms with Crippen molar-refractivity contribution in [2.45, 2.75) is 12.8 Å². The average molecular weight is 435 g/mol. The van der Waals surface area contributed by atoms with Gasteiger partial charge < -0.3 is 25.6 Å². The maximum atomic E-state index is 13.0. The average Bonchev–Trinajstić information content (AvgIpc) is 2.65. The smallest absolute Gasteiger partial charge is 0.257 e. The van der Waals surface area contributed by atoms with Gasteiger partial charge in [-0.3, -0.25) is 9.59 Å². The highest BCUT2D eigenvalue weighted by atomic mass is 35.5. The number of benzene rings is 1. The molecule has 1 fully saturated rings. The van der Waals surface area contributed by atoms with E-state index in [9.17, 15) is 9.59 Å². The van der Waals surface area contributed by atoms with Crippen molar-refractivity contribution in [3.8, 4) is 5.75 Å². The van der Waals surface area contributed by atoms with E-state index < -0.39 is 0 Å². The zero-order valence-corrected chi connectivity index (χ0v) is 18.2. The van der Waals surface area contributed by atoms with Gasteiger partial charge in [0, 0.05) is 32.7 Å². The maximum absolute atomic E-state index is 13.0. The third-order valence-corrected chi connectivity index (χ3v) is 4.44. The minimum Gasteiger partial charge on any atom is -0.491 e. The zero-order chi connectivity index (χ0) is 18.9. The van der Waals surface area contributed by atoms with Gasteiger partial charge in [0.1, 0.15) is 12.4 Å². The van der Waals surface area contributed by atoms with Crippen LogP contribution in [-0.4, -0.2) is 75.0 Å². The van der Waals surface area contributed by atoms with E-state index in [1.807, 2.05) is 37.2 Å². The van der Waals surface area contributed by atoms with Gasteiger partial charge in [0.05, 0.1) is 11.5 Å². The molecule has 0 saturated carbocycles. The van der Waals surface area contributed by atoms with Gasteiger partial charge in [-0.15, -0.1) is 24.8 Å². The fraction of sp³-hybridized carbons (Fsp3) is 0.579. The van der Waals surface area contributed by atoms with E-state index in [0.29, 0.717) is 44.1 Å². The lowest BCUT2D eigenvalue weighted by molar-refractivity contribution is -0.126. The second-order valence-corrected chi connectivity index (χ2v) is 6.82. The summed E-state index contributed by atoms with van der Waals surface area (Å²) in [4.78, 5) is 29.0. The number of likely N-dealkylation sites (N-methyl/N-ethyl adjacent to an activating group) is 1. The molecule has 28 heavy (non-hydrogen) atoms. The van der Waals surface area contributed by atoms with Crippen molar-refractivity contribution in [1.29, 1.82) is 0 Å². The monoisotopic (exact) mass is 434 g/mol. The van der Waals surface area contributed by atoms with Crippen molar-refractivity contribution in [1.82, 2.24) is 15.1 Å². The summed E-state index contributed by atoms with van der Waals surface area (Å²) in [6.45, 7) is 3.26. The predicted molar refractivity (Wildman–Crippen MR) is 116 cm³/mol. The van der Waals surface area contributed by atoms with Crippen LogP contribution >= 0.6 is 24.8 Å². The maximum Gasteiger partial charge on any atom is 0.257 e. The number of nitrogens with zero attached hydrogens (tertiary/aromatic N) is 2. The van der Waals surface area contributed by atoms with Crippen LogP contribution in [0.1, 0.15) is 23.2 Å². The van der Waals surface area contributed by atoms with Crippen LogP contribution in [0, 0.1) is 5.92 Å². The lowest BCUT2D eigenvalue weighted by Gasteiger charge is -2.32. The summed E-state index contributed by atoms with van der Waals surface area (Å²) in [5.41, 5.74) is 5.99. The summed E-state index contributed by atoms with van der Waals surface area (Å²) in [6.07, 6.45) is 1.61. The molecule has 1 aromatic carbocycles. The van der Waals surface area contributed by atoms with Crippen LogP contribution < -0.4 is 15.8 Å². The summed E-state index contributed by atoms with van der Waals surface area (Å²) >= 11 is 0. The van der Waals surface area contributed by atoms with Crippen molar-refractivity contribution in [3.63, 3.8) is 0 Å². The number of nitrogens with two attached hydrogens (primary N) is 1. The fourth-order valence-electron chi connectivity index (χ4n) is 2.99. The predicted octanol–water partition coefficient (Wildman–Crippen LogP) is 1.40. The molecule has 0 spiro atoms. The molecule has 1 heterocycles. The molecule has 160 valence electrons. The van der Waals surface area contributed by atoms with Gasteiger partial charge >= 0.3 is 0 Å². The van der Waals surface area contributed by atoms with E-state index in [1.54, 1.807) is 11.0 Å². The van der Waals surface area contributed by atoms with Crippen LogP contribution in [0.4, 0.5) is 0 Å². The highest BCUT2D eigenvalue weighted by Gasteiger charge is 2.29. The first-order valence-electron chi connectivity index (χ1n) is 9.16. The first-order valence-corrected chi connectivity index (χ1v) is 9.16. The Morgan fingerprint density at radius 1 is 1.29 bits per heavy atom. The molecule has 1 atom stereocenters. The Morgan fingerprint density at radius 3 is 2.68 bits per heavy atom. The second kappa shape index (κ2) is 13.6. The first-order chi connectivity index (χ1) is 12.5. The molecule has 2 amide bonds. The summed E-state index contributed by atoms with van der Waals surface area (Å²) in [5, 5.41) is 2.82. The van der Waals surface area contributed by atoms with Gasteiger partial charge in [0.2, 0.25) is 5.91 Å². The summed E-state index contributed by atoms with van der Waals surface area (Å²) in [5.74, 6) is 0.306. The Hall–Kier alpha value is -1.54. The number of likely N-dealkylation sites (tertiary alicyclic amines) is 1. The molecular formula is C19H32Cl2N4O3. The number of halogens is 2. The normalized spacial score (nSPS) is 16.0. The number of hydrogen-bond acceptors (Lipinski definition) is 5. The SMILES string of the molecule is CN(C)CCOc1ccccc1C(=O)N1CCCC(C(=O)NCCN)C1.Cl.Cl. The molecule has 0 aromatic heterocycles. The molecule has 7 nitrogen and oxygen atoms in total. The first kappa shape index (κ1) is 26.5. The molecule has 0 bridgehead atoms. The van der Waals surface area contributed by atoms with Gasteiger partial charge in [0.15, 0.2) is 0 Å². The van der Waals surface area contributed by atoms with Crippen LogP contribution in [0.25, 0.3) is 0 Å². The van der Waals surface area contributed by atoms with Crippen LogP contribution in [0.2, 0.25) is 0 Å². The number of rotatable bonds is 8. The van der Waals surface area contributed by atoms with Crippen LogP contribution in [0.5, 0.6) is 5.75 Å². The number of piperidine rings is 1. The third kappa shape index (κ3) is 7.83. The largest absolute Gasteiger partial charge is 0.491 e. The highest BCUT2D eigenvalue weighted by molar-refractivity contribution is 5.97. The molecule has 3 N–H and O–H groups in total. The Kier molecular flexibility index (Phi) is 12.9. The summed E-state index contributed by atoms with van der Waals surface area (Å²) in [6, 6.07) is 7.30. The van der Waals surface area contributed by atoms with Gasteiger partial charge in [-0.25, -0.2) is 0 Å². The topological polar surface area (TPSA) is 87.9 Å². The van der Waals surface area contributed by atoms with Gasteiger partial charge in [-0.05, 0) is 39.1 Å². The van der Waals surface area contributed by atoms with E-state index in [0.717, 1.165) is 19.4 Å². The summed E-state index contributed by atoms with van der Waals surface area (Å²) < 4.78 is 5.80. The van der Waals surface area contributed by atoms with E-state index >= 15 is 0 Å². The number of amides is 2. The Labute approximate surface area is 179 Å². The second-order valence-electron chi connectivity index (χ2n) is 6.82. The zero-order valence-electron chi connectivity index (χ0n) is 16.6. The lowest BCUT2D eigenvalue weighted by Crippen LogP contribution is -2.46. The van der Waals surface area contributed by atoms with Crippen molar-refractivity contribution >= 4 is 36.6 Å². The molecule has 1 aliphatic heterocycles. The highest BCUT2D eigenvalue weighted by Crippen LogP contribution is 2.24. The minimum atomic E-state index is -0.180. The molecule has 0 radical (unpaired) electrons. The minimum absolute atomic E-state index is 0. The molecule has 1 saturated heterocycles. The molecule has 1 aromatic rings. The Bertz CT molecular complexity index is 617. The third-order valence-electron chi connectivity index (χ3n) is 4.44. The molecule has 1 aliphatic rings. The van der Waals surface area contributed by atoms with Crippen LogP contribution in [-0.2, 0) is 4.79 Å². The molecule has 1 unspecified atom stereocenters. The van der Waals surface area contributed by atoms with E-state index in [-0.39, 0.29) is 42.5 Å².